The van der Waals surface area contributed by atoms with E-state index >= 15 is 0 Å². The Balaban J connectivity index is -0.000000174. The summed E-state index contributed by atoms with van der Waals surface area (Å²) in [5, 5.41) is 0. The quantitative estimate of drug-likeness (QED) is 0.543. The van der Waals surface area contributed by atoms with Gasteiger partial charge in [0.1, 0.15) is 0 Å². The van der Waals surface area contributed by atoms with E-state index in [1.807, 2.05) is 0 Å². The molecule has 0 spiro atoms. The fraction of sp³-hybridized carbons (Fsp3) is 0.727. The fourth-order valence-electron chi connectivity index (χ4n) is 0.407. The standard InChI is InChI=1S/2C4H8O2.C3H6O2/c2*1-3-6-4(2)5;1-3(4)5-2/h2*3H2,1-2H3;1-2H3. The van der Waals surface area contributed by atoms with E-state index < -0.39 is 0 Å². The SMILES string of the molecule is CCOC(C)=O.CCOC(C)=O.COC(C)=O. The Hall–Kier alpha value is -1.59. The molecule has 0 aliphatic carbocycles. The highest BCUT2D eigenvalue weighted by atomic mass is 16.5. The van der Waals surface area contributed by atoms with Crippen LogP contribution in [0, 0.1) is 0 Å². The number of carbonyl (C=O) groups is 3. The molecule has 0 amide bonds. The summed E-state index contributed by atoms with van der Waals surface area (Å²) in [4.78, 5) is 29.2. The predicted molar refractivity (Wildman–Crippen MR) is 62.3 cm³/mol. The van der Waals surface area contributed by atoms with E-state index in [0.29, 0.717) is 13.2 Å². The van der Waals surface area contributed by atoms with Crippen molar-refractivity contribution in [1.82, 2.24) is 0 Å². The smallest absolute Gasteiger partial charge is 0.302 e. The second kappa shape index (κ2) is 16.8. The zero-order chi connectivity index (χ0) is 14.3. The predicted octanol–water partition coefficient (Wildman–Crippen LogP) is 1.32. The highest BCUT2D eigenvalue weighted by Gasteiger charge is 1.82. The van der Waals surface area contributed by atoms with Crippen LogP contribution in [0.25, 0.3) is 0 Å². The van der Waals surface area contributed by atoms with Crippen LogP contribution in [0.1, 0.15) is 34.6 Å². The largest absolute Gasteiger partial charge is 0.469 e. The molecular formula is C11H22O6. The van der Waals surface area contributed by atoms with Crippen LogP contribution < -0.4 is 0 Å². The summed E-state index contributed by atoms with van der Waals surface area (Å²) < 4.78 is 12.9. The van der Waals surface area contributed by atoms with Gasteiger partial charge < -0.3 is 14.2 Å². The van der Waals surface area contributed by atoms with Crippen molar-refractivity contribution in [2.45, 2.75) is 34.6 Å². The summed E-state index contributed by atoms with van der Waals surface area (Å²) in [5.41, 5.74) is 0. The lowest BCUT2D eigenvalue weighted by Gasteiger charge is -1.89. The minimum absolute atomic E-state index is 0.211. The van der Waals surface area contributed by atoms with Gasteiger partial charge in [-0.1, -0.05) is 0 Å². The van der Waals surface area contributed by atoms with E-state index in [2.05, 4.69) is 14.2 Å². The molecule has 0 aliphatic rings. The van der Waals surface area contributed by atoms with Gasteiger partial charge in [-0.3, -0.25) is 14.4 Å². The van der Waals surface area contributed by atoms with Gasteiger partial charge >= 0.3 is 17.9 Å². The van der Waals surface area contributed by atoms with Gasteiger partial charge in [0.15, 0.2) is 0 Å². The van der Waals surface area contributed by atoms with Crippen molar-refractivity contribution < 1.29 is 28.6 Å². The molecule has 0 rings (SSSR count). The molecule has 0 radical (unpaired) electrons. The van der Waals surface area contributed by atoms with Crippen LogP contribution in [0.5, 0.6) is 0 Å². The van der Waals surface area contributed by atoms with Crippen molar-refractivity contribution in [3.8, 4) is 0 Å². The molecule has 0 N–H and O–H groups in total. The van der Waals surface area contributed by atoms with Gasteiger partial charge in [0.2, 0.25) is 0 Å². The number of ether oxygens (including phenoxy) is 3. The highest BCUT2D eigenvalue weighted by molar-refractivity contribution is 5.66. The minimum Gasteiger partial charge on any atom is -0.469 e. The average Bonchev–Trinajstić information content (AvgIpc) is 2.19. The Morgan fingerprint density at radius 2 is 1.00 bits per heavy atom. The molecule has 6 nitrogen and oxygen atoms in total. The molecule has 102 valence electrons. The molecule has 0 aliphatic heterocycles. The number of hydrogen-bond donors (Lipinski definition) is 0. The second-order valence-electron chi connectivity index (χ2n) is 2.54. The molecule has 0 atom stereocenters. The van der Waals surface area contributed by atoms with Crippen LogP contribution in [0.2, 0.25) is 0 Å². The van der Waals surface area contributed by atoms with E-state index in [1.54, 1.807) is 13.8 Å². The summed E-state index contributed by atoms with van der Waals surface area (Å²) in [6.07, 6.45) is 0. The summed E-state index contributed by atoms with van der Waals surface area (Å²) in [6.45, 7) is 8.67. The summed E-state index contributed by atoms with van der Waals surface area (Å²) in [6, 6.07) is 0. The molecule has 0 saturated carbocycles. The lowest BCUT2D eigenvalue weighted by atomic mass is 10.8. The van der Waals surface area contributed by atoms with Crippen molar-refractivity contribution in [2.24, 2.45) is 0 Å². The Labute approximate surface area is 102 Å². The van der Waals surface area contributed by atoms with E-state index in [-0.39, 0.29) is 17.9 Å². The molecule has 0 fully saturated rings. The zero-order valence-electron chi connectivity index (χ0n) is 11.4. The normalized spacial score (nSPS) is 7.41. The van der Waals surface area contributed by atoms with Crippen molar-refractivity contribution in [2.75, 3.05) is 20.3 Å². The Morgan fingerprint density at radius 3 is 1.00 bits per heavy atom. The van der Waals surface area contributed by atoms with Gasteiger partial charge in [-0.2, -0.15) is 0 Å². The van der Waals surface area contributed by atoms with Crippen LogP contribution >= 0.6 is 0 Å². The summed E-state index contributed by atoms with van der Waals surface area (Å²) in [5.74, 6) is -0.667. The van der Waals surface area contributed by atoms with Gasteiger partial charge in [-0.15, -0.1) is 0 Å². The van der Waals surface area contributed by atoms with E-state index in [0.717, 1.165) is 0 Å². The van der Waals surface area contributed by atoms with Crippen LogP contribution in [0.3, 0.4) is 0 Å². The summed E-state index contributed by atoms with van der Waals surface area (Å²) in [7, 11) is 1.35. The maximum absolute atomic E-state index is 9.82. The third kappa shape index (κ3) is 54.0. The number of hydrogen-bond acceptors (Lipinski definition) is 6. The molecule has 0 unspecified atom stereocenters. The first-order valence-corrected chi connectivity index (χ1v) is 5.12. The van der Waals surface area contributed by atoms with E-state index in [9.17, 15) is 14.4 Å². The number of methoxy groups -OCH3 is 1. The fourth-order valence-corrected chi connectivity index (χ4v) is 0.407. The third-order valence-corrected chi connectivity index (χ3v) is 0.983. The van der Waals surface area contributed by atoms with Crippen molar-refractivity contribution in [3.05, 3.63) is 0 Å². The van der Waals surface area contributed by atoms with Gasteiger partial charge in [0.25, 0.3) is 0 Å². The van der Waals surface area contributed by atoms with Crippen LogP contribution in [0.15, 0.2) is 0 Å². The second-order valence-corrected chi connectivity index (χ2v) is 2.54. The highest BCUT2D eigenvalue weighted by Crippen LogP contribution is 1.70. The Kier molecular flexibility index (Phi) is 20.6. The van der Waals surface area contributed by atoms with Gasteiger partial charge in [-0.25, -0.2) is 0 Å². The first-order chi connectivity index (χ1) is 7.81. The topological polar surface area (TPSA) is 78.9 Å². The maximum atomic E-state index is 9.82. The van der Waals surface area contributed by atoms with Crippen LogP contribution in [0.4, 0.5) is 0 Å². The maximum Gasteiger partial charge on any atom is 0.302 e. The van der Waals surface area contributed by atoms with Gasteiger partial charge in [-0.05, 0) is 13.8 Å². The first kappa shape index (κ1) is 20.8. The first-order valence-electron chi connectivity index (χ1n) is 5.12. The Morgan fingerprint density at radius 1 is 0.765 bits per heavy atom. The zero-order valence-corrected chi connectivity index (χ0v) is 11.4. The lowest BCUT2D eigenvalue weighted by Crippen LogP contribution is -1.95. The van der Waals surface area contributed by atoms with Crippen molar-refractivity contribution in [3.63, 3.8) is 0 Å². The minimum atomic E-state index is -0.245. The van der Waals surface area contributed by atoms with Gasteiger partial charge in [0, 0.05) is 20.8 Å². The number of carbonyl (C=O) groups excluding carboxylic acids is 3. The lowest BCUT2D eigenvalue weighted by molar-refractivity contribution is -0.141. The molecule has 0 bridgehead atoms. The number of rotatable bonds is 2. The molecular weight excluding hydrogens is 228 g/mol. The molecule has 0 saturated heterocycles. The monoisotopic (exact) mass is 250 g/mol. The number of esters is 3. The van der Waals surface area contributed by atoms with E-state index in [1.165, 1.54) is 27.9 Å². The summed E-state index contributed by atoms with van der Waals surface area (Å²) >= 11 is 0. The molecule has 6 heteroatoms. The molecule has 0 aromatic rings. The average molecular weight is 250 g/mol. The Bertz CT molecular complexity index is 196. The third-order valence-electron chi connectivity index (χ3n) is 0.983. The molecule has 17 heavy (non-hydrogen) atoms. The molecule has 0 aromatic carbocycles. The van der Waals surface area contributed by atoms with Crippen molar-refractivity contribution in [1.29, 1.82) is 0 Å². The van der Waals surface area contributed by atoms with Crippen LogP contribution in [-0.2, 0) is 28.6 Å². The van der Waals surface area contributed by atoms with Gasteiger partial charge in [0.05, 0.1) is 20.3 Å². The molecule has 0 heterocycles. The van der Waals surface area contributed by atoms with Crippen LogP contribution in [-0.4, -0.2) is 38.2 Å². The van der Waals surface area contributed by atoms with Crippen molar-refractivity contribution >= 4 is 17.9 Å². The molecule has 0 aromatic heterocycles. The van der Waals surface area contributed by atoms with E-state index in [4.69, 9.17) is 0 Å².